The van der Waals surface area contributed by atoms with Crippen molar-refractivity contribution in [2.75, 3.05) is 0 Å². The first kappa shape index (κ1) is 25.2. The summed E-state index contributed by atoms with van der Waals surface area (Å²) in [4.78, 5) is 4.94. The molecule has 2 heterocycles. The van der Waals surface area contributed by atoms with E-state index >= 15 is 0 Å². The van der Waals surface area contributed by atoms with Gasteiger partial charge in [-0.3, -0.25) is 0 Å². The molecule has 3 unspecified atom stereocenters. The molecule has 5 aliphatic carbocycles. The van der Waals surface area contributed by atoms with E-state index in [0.29, 0.717) is 39.7 Å². The fourth-order valence-electron chi connectivity index (χ4n) is 7.78. The molecule has 1 N–H and O–H groups in total. The highest BCUT2D eigenvalue weighted by atomic mass is 79.9. The van der Waals surface area contributed by atoms with Crippen LogP contribution in [0.5, 0.6) is 0 Å². The van der Waals surface area contributed by atoms with Gasteiger partial charge in [-0.25, -0.2) is 4.98 Å². The number of hydrogen-bond donors (Lipinski definition) is 1. The van der Waals surface area contributed by atoms with Gasteiger partial charge in [0.05, 0.1) is 32.5 Å². The Bertz CT molecular complexity index is 1580. The highest BCUT2D eigenvalue weighted by Crippen LogP contribution is 2.65. The summed E-state index contributed by atoms with van der Waals surface area (Å²) >= 11 is 18.4. The third-order valence-corrected chi connectivity index (χ3v) is 11.8. The van der Waals surface area contributed by atoms with Crippen molar-refractivity contribution in [2.45, 2.75) is 68.7 Å². The maximum atomic E-state index is 12.3. The number of hydrogen-bond acceptors (Lipinski definition) is 6. The number of benzene rings is 2. The predicted octanol–water partition coefficient (Wildman–Crippen LogP) is 8.88. The maximum absolute atomic E-state index is 12.3. The van der Waals surface area contributed by atoms with Gasteiger partial charge >= 0.3 is 0 Å². The zero-order chi connectivity index (χ0) is 26.5. The fourth-order valence-corrected chi connectivity index (χ4v) is 10.1. The van der Waals surface area contributed by atoms with Gasteiger partial charge in [-0.1, -0.05) is 50.4 Å². The summed E-state index contributed by atoms with van der Waals surface area (Å²) in [5.74, 6) is 2.12. The lowest BCUT2D eigenvalue weighted by atomic mass is 9.48. The molecule has 5 atom stereocenters. The van der Waals surface area contributed by atoms with E-state index in [4.69, 9.17) is 37.4 Å². The summed E-state index contributed by atoms with van der Waals surface area (Å²) < 4.78 is 15.0. The highest BCUT2D eigenvalue weighted by molar-refractivity contribution is 9.10. The van der Waals surface area contributed by atoms with Crippen molar-refractivity contribution in [3.63, 3.8) is 0 Å². The third-order valence-electron chi connectivity index (χ3n) is 9.56. The first-order chi connectivity index (χ1) is 18.8. The van der Waals surface area contributed by atoms with Crippen LogP contribution in [-0.2, 0) is 16.9 Å². The molecule has 4 aromatic rings. The van der Waals surface area contributed by atoms with Crippen LogP contribution in [-0.4, -0.2) is 20.8 Å². The predicted molar refractivity (Wildman–Crippen MR) is 156 cm³/mol. The number of thiazole rings is 1. The minimum atomic E-state index is -0.896. The van der Waals surface area contributed by atoms with E-state index in [-0.39, 0.29) is 17.4 Å². The smallest absolute Gasteiger partial charge is 0.145 e. The highest BCUT2D eigenvalue weighted by Gasteiger charge is 2.64. The van der Waals surface area contributed by atoms with E-state index in [1.807, 2.05) is 30.3 Å². The standard InChI is InChI=1S/C30H27BrCl2N2O3S/c31-19-6-7-23-24(10-19)39-28(34-23)30(36)17-8-15-9-18(30)13-29(11-15,12-17)37-14-20-26(35-38-27(20)16-4-5-16)25-21(32)2-1-3-22(25)33/h1-3,6-7,10,15-18,36H,4-5,8-9,11-14H2/t15?,17-,18+,29?,30?. The van der Waals surface area contributed by atoms with Crippen LogP contribution in [0.15, 0.2) is 45.4 Å². The Labute approximate surface area is 249 Å². The summed E-state index contributed by atoms with van der Waals surface area (Å²) in [6.45, 7) is 0.409. The van der Waals surface area contributed by atoms with Crippen LogP contribution in [0.4, 0.5) is 0 Å². The second-order valence-electron chi connectivity index (χ2n) is 12.0. The SMILES string of the molecule is OC1(c2nc3ccc(Br)cc3s2)[C@@H]2CC3C[C@H]1CC(OCc1c(-c4c(Cl)cccc4Cl)noc1C1CC1)(C3)C2. The van der Waals surface area contributed by atoms with E-state index in [1.54, 1.807) is 11.3 Å². The van der Waals surface area contributed by atoms with E-state index < -0.39 is 5.60 Å². The number of rotatable bonds is 6. The molecule has 9 rings (SSSR count). The number of ether oxygens (including phenoxy) is 1. The van der Waals surface area contributed by atoms with Crippen molar-refractivity contribution in [3.05, 3.63) is 67.2 Å². The topological polar surface area (TPSA) is 68.4 Å². The lowest BCUT2D eigenvalue weighted by Crippen LogP contribution is -2.62. The van der Waals surface area contributed by atoms with Crippen LogP contribution in [0, 0.1) is 17.8 Å². The summed E-state index contributed by atoms with van der Waals surface area (Å²) in [7, 11) is 0. The molecule has 9 heteroatoms. The van der Waals surface area contributed by atoms with Gasteiger partial charge in [-0.05, 0) is 93.0 Å². The third kappa shape index (κ3) is 3.98. The van der Waals surface area contributed by atoms with Gasteiger partial charge in [0.1, 0.15) is 22.1 Å². The number of aliphatic hydroxyl groups is 1. The zero-order valence-electron chi connectivity index (χ0n) is 21.1. The maximum Gasteiger partial charge on any atom is 0.145 e. The second kappa shape index (κ2) is 9.01. The van der Waals surface area contributed by atoms with Crippen molar-refractivity contribution < 1.29 is 14.4 Å². The molecule has 0 radical (unpaired) electrons. The monoisotopic (exact) mass is 644 g/mol. The van der Waals surface area contributed by atoms with Crippen LogP contribution >= 0.6 is 50.5 Å². The second-order valence-corrected chi connectivity index (χ2v) is 14.8. The molecule has 0 amide bonds. The molecular formula is C30H27BrCl2N2O3S. The van der Waals surface area contributed by atoms with E-state index in [0.717, 1.165) is 76.0 Å². The van der Waals surface area contributed by atoms with Crippen molar-refractivity contribution in [1.29, 1.82) is 0 Å². The van der Waals surface area contributed by atoms with Gasteiger partial charge in [0, 0.05) is 21.5 Å². The largest absolute Gasteiger partial charge is 0.382 e. The normalized spacial score (nSPS) is 31.4. The Hall–Kier alpha value is -1.48. The minimum absolute atomic E-state index is 0.135. The van der Waals surface area contributed by atoms with Gasteiger partial charge in [0.2, 0.25) is 0 Å². The van der Waals surface area contributed by atoms with Crippen LogP contribution < -0.4 is 0 Å². The summed E-state index contributed by atoms with van der Waals surface area (Å²) in [5.41, 5.74) is 2.16. The Morgan fingerprint density at radius 3 is 2.54 bits per heavy atom. The zero-order valence-corrected chi connectivity index (χ0v) is 25.0. The van der Waals surface area contributed by atoms with Gasteiger partial charge in [0.15, 0.2) is 0 Å². The number of fused-ring (bicyclic) bond motifs is 1. The number of nitrogens with zero attached hydrogens (tertiary/aromatic N) is 2. The molecule has 2 aromatic carbocycles. The molecular weight excluding hydrogens is 619 g/mol. The Morgan fingerprint density at radius 1 is 1.08 bits per heavy atom. The number of aromatic nitrogens is 2. The lowest BCUT2D eigenvalue weighted by Gasteiger charge is -2.62. The molecule has 4 bridgehead atoms. The molecule has 202 valence electrons. The summed E-state index contributed by atoms with van der Waals surface area (Å²) in [6.07, 6.45) is 6.96. The van der Waals surface area contributed by atoms with Crippen LogP contribution in [0.25, 0.3) is 21.5 Å². The molecule has 0 spiro atoms. The quantitative estimate of drug-likeness (QED) is 0.227. The van der Waals surface area contributed by atoms with Crippen molar-refractivity contribution in [2.24, 2.45) is 17.8 Å². The molecule has 39 heavy (non-hydrogen) atoms. The molecule has 5 fully saturated rings. The van der Waals surface area contributed by atoms with E-state index in [1.165, 1.54) is 0 Å². The Kier molecular flexibility index (Phi) is 5.83. The molecule has 0 saturated heterocycles. The molecule has 5 nitrogen and oxygen atoms in total. The van der Waals surface area contributed by atoms with Crippen molar-refractivity contribution in [3.8, 4) is 11.3 Å². The van der Waals surface area contributed by atoms with E-state index in [2.05, 4.69) is 27.2 Å². The van der Waals surface area contributed by atoms with E-state index in [9.17, 15) is 5.11 Å². The van der Waals surface area contributed by atoms with Crippen LogP contribution in [0.3, 0.4) is 0 Å². The molecule has 5 saturated carbocycles. The lowest BCUT2D eigenvalue weighted by molar-refractivity contribution is -0.250. The first-order valence-electron chi connectivity index (χ1n) is 13.7. The van der Waals surface area contributed by atoms with Crippen LogP contribution in [0.2, 0.25) is 10.0 Å². The Balaban J connectivity index is 1.11. The van der Waals surface area contributed by atoms with Gasteiger partial charge in [-0.15, -0.1) is 11.3 Å². The Morgan fingerprint density at radius 2 is 1.82 bits per heavy atom. The molecule has 5 aliphatic rings. The first-order valence-corrected chi connectivity index (χ1v) is 16.1. The van der Waals surface area contributed by atoms with Crippen LogP contribution in [0.1, 0.15) is 67.2 Å². The molecule has 2 aromatic heterocycles. The van der Waals surface area contributed by atoms with Crippen molar-refractivity contribution in [1.82, 2.24) is 10.1 Å². The average Bonchev–Trinajstić information content (AvgIpc) is 3.52. The van der Waals surface area contributed by atoms with Gasteiger partial charge in [0.25, 0.3) is 0 Å². The summed E-state index contributed by atoms with van der Waals surface area (Å²) in [5, 5.41) is 18.7. The van der Waals surface area contributed by atoms with Gasteiger partial charge < -0.3 is 14.4 Å². The van der Waals surface area contributed by atoms with Crippen molar-refractivity contribution >= 4 is 60.7 Å². The minimum Gasteiger partial charge on any atom is -0.382 e. The summed E-state index contributed by atoms with van der Waals surface area (Å²) in [6, 6.07) is 11.6. The number of halogens is 3. The molecule has 0 aliphatic heterocycles. The average molecular weight is 646 g/mol. The fraction of sp³-hybridized carbons (Fsp3) is 0.467. The van der Waals surface area contributed by atoms with Gasteiger partial charge in [-0.2, -0.15) is 0 Å².